The minimum atomic E-state index is -0.625. The summed E-state index contributed by atoms with van der Waals surface area (Å²) in [6.45, 7) is 0.176. The van der Waals surface area contributed by atoms with Gasteiger partial charge in [-0.1, -0.05) is 17.7 Å². The molecule has 0 unspecified atom stereocenters. The van der Waals surface area contributed by atoms with Crippen molar-refractivity contribution < 1.29 is 19.2 Å². The summed E-state index contributed by atoms with van der Waals surface area (Å²) >= 11 is 11.1. The summed E-state index contributed by atoms with van der Waals surface area (Å²) in [6.07, 6.45) is 3.89. The van der Waals surface area contributed by atoms with Gasteiger partial charge in [0.05, 0.1) is 24.3 Å². The smallest absolute Gasteiger partial charge is 0.307 e. The SMILES string of the molecule is COc1ccc(C=C2C(=O)NC(=S)N(c3ccc(Cl)cc3)C2=O)cc1Cn1cc([N+](=O)[O-])cn1. The molecule has 0 atom stereocenters. The number of hydrogen-bond donors (Lipinski definition) is 1. The molecule has 2 heterocycles. The number of amides is 2. The number of nitro groups is 1. The summed E-state index contributed by atoms with van der Waals surface area (Å²) < 4.78 is 6.77. The molecule has 3 aromatic rings. The summed E-state index contributed by atoms with van der Waals surface area (Å²) in [6, 6.07) is 11.5. The van der Waals surface area contributed by atoms with E-state index in [9.17, 15) is 19.7 Å². The summed E-state index contributed by atoms with van der Waals surface area (Å²) in [7, 11) is 1.49. The number of nitrogens with one attached hydrogen (secondary N) is 1. The van der Waals surface area contributed by atoms with Gasteiger partial charge in [-0.3, -0.25) is 34.6 Å². The zero-order valence-electron chi connectivity index (χ0n) is 17.6. The molecule has 1 N–H and O–H groups in total. The fourth-order valence-electron chi connectivity index (χ4n) is 3.37. The number of methoxy groups -OCH3 is 1. The van der Waals surface area contributed by atoms with Crippen molar-refractivity contribution in [1.29, 1.82) is 0 Å². The third kappa shape index (κ3) is 4.65. The number of thiocarbonyl (C=S) groups is 1. The Labute approximate surface area is 203 Å². The van der Waals surface area contributed by atoms with Crippen molar-refractivity contribution in [3.05, 3.63) is 86.7 Å². The summed E-state index contributed by atoms with van der Waals surface area (Å²) in [5.74, 6) is -0.694. The van der Waals surface area contributed by atoms with Crippen LogP contribution < -0.4 is 15.0 Å². The van der Waals surface area contributed by atoms with Crippen molar-refractivity contribution in [2.24, 2.45) is 0 Å². The molecular formula is C22H16ClN5O5S. The van der Waals surface area contributed by atoms with Gasteiger partial charge in [-0.2, -0.15) is 5.10 Å². The molecule has 1 aromatic heterocycles. The lowest BCUT2D eigenvalue weighted by Gasteiger charge is -2.29. The third-order valence-electron chi connectivity index (χ3n) is 4.96. The molecule has 0 aliphatic carbocycles. The molecule has 1 aliphatic heterocycles. The van der Waals surface area contributed by atoms with E-state index in [1.54, 1.807) is 42.5 Å². The van der Waals surface area contributed by atoms with Crippen LogP contribution in [0.3, 0.4) is 0 Å². The highest BCUT2D eigenvalue weighted by Crippen LogP contribution is 2.26. The molecule has 0 saturated carbocycles. The number of carbonyl (C=O) groups excluding carboxylic acids is 2. The summed E-state index contributed by atoms with van der Waals surface area (Å²) in [5, 5.41) is 17.9. The second kappa shape index (κ2) is 9.41. The van der Waals surface area contributed by atoms with Gasteiger partial charge in [0, 0.05) is 10.6 Å². The Kier molecular flexibility index (Phi) is 6.39. The second-order valence-electron chi connectivity index (χ2n) is 7.16. The Morgan fingerprint density at radius 2 is 1.97 bits per heavy atom. The number of rotatable bonds is 6. The van der Waals surface area contributed by atoms with Gasteiger partial charge >= 0.3 is 5.69 Å². The highest BCUT2D eigenvalue weighted by molar-refractivity contribution is 7.80. The van der Waals surface area contributed by atoms with Gasteiger partial charge in [-0.05, 0) is 60.3 Å². The van der Waals surface area contributed by atoms with E-state index in [0.717, 1.165) is 6.20 Å². The predicted octanol–water partition coefficient (Wildman–Crippen LogP) is 3.33. The fraction of sp³-hybridized carbons (Fsp3) is 0.0909. The molecule has 1 saturated heterocycles. The molecule has 2 amide bonds. The number of carbonyl (C=O) groups is 2. The third-order valence-corrected chi connectivity index (χ3v) is 5.50. The van der Waals surface area contributed by atoms with Crippen LogP contribution in [0.15, 0.2) is 60.4 Å². The van der Waals surface area contributed by atoms with Crippen LogP contribution in [0.4, 0.5) is 11.4 Å². The minimum absolute atomic E-state index is 0.0369. The van der Waals surface area contributed by atoms with Crippen LogP contribution in [-0.4, -0.2) is 38.7 Å². The highest BCUT2D eigenvalue weighted by Gasteiger charge is 2.34. The number of hydrogen-bond acceptors (Lipinski definition) is 7. The number of ether oxygens (including phenoxy) is 1. The lowest BCUT2D eigenvalue weighted by Crippen LogP contribution is -2.54. The van der Waals surface area contributed by atoms with Gasteiger partial charge in [0.1, 0.15) is 23.7 Å². The minimum Gasteiger partial charge on any atom is -0.496 e. The van der Waals surface area contributed by atoms with Crippen molar-refractivity contribution in [3.63, 3.8) is 0 Å². The number of aromatic nitrogens is 2. The molecule has 1 aliphatic rings. The van der Waals surface area contributed by atoms with Gasteiger partial charge in [0.15, 0.2) is 5.11 Å². The molecule has 0 radical (unpaired) electrons. The van der Waals surface area contributed by atoms with Crippen molar-refractivity contribution in [2.45, 2.75) is 6.54 Å². The van der Waals surface area contributed by atoms with Gasteiger partial charge < -0.3 is 4.74 Å². The molecule has 10 nitrogen and oxygen atoms in total. The molecule has 1 fully saturated rings. The van der Waals surface area contributed by atoms with Gasteiger partial charge in [-0.15, -0.1) is 0 Å². The van der Waals surface area contributed by atoms with Gasteiger partial charge in [-0.25, -0.2) is 0 Å². The lowest BCUT2D eigenvalue weighted by atomic mass is 10.0. The van der Waals surface area contributed by atoms with Crippen LogP contribution in [0, 0.1) is 10.1 Å². The summed E-state index contributed by atoms with van der Waals surface area (Å²) in [4.78, 5) is 37.4. The Bertz CT molecular complexity index is 1350. The molecule has 0 bridgehead atoms. The van der Waals surface area contributed by atoms with E-state index in [2.05, 4.69) is 10.4 Å². The number of halogens is 1. The van der Waals surface area contributed by atoms with Gasteiger partial charge in [0.2, 0.25) is 0 Å². The van der Waals surface area contributed by atoms with E-state index in [-0.39, 0.29) is 22.9 Å². The van der Waals surface area contributed by atoms with Crippen LogP contribution in [0.1, 0.15) is 11.1 Å². The molecule has 0 spiro atoms. The first-order chi connectivity index (χ1) is 16.3. The van der Waals surface area contributed by atoms with Crippen LogP contribution in [0.5, 0.6) is 5.75 Å². The molecule has 34 heavy (non-hydrogen) atoms. The fourth-order valence-corrected chi connectivity index (χ4v) is 3.78. The van der Waals surface area contributed by atoms with Crippen molar-refractivity contribution in [3.8, 4) is 5.75 Å². The van der Waals surface area contributed by atoms with Crippen LogP contribution in [0.2, 0.25) is 5.02 Å². The van der Waals surface area contributed by atoms with E-state index < -0.39 is 16.7 Å². The van der Waals surface area contributed by atoms with Gasteiger partial charge in [0.25, 0.3) is 11.8 Å². The molecule has 4 rings (SSSR count). The second-order valence-corrected chi connectivity index (χ2v) is 7.98. The monoisotopic (exact) mass is 497 g/mol. The number of anilines is 1. The van der Waals surface area contributed by atoms with Crippen molar-refractivity contribution in [2.75, 3.05) is 12.0 Å². The maximum atomic E-state index is 13.2. The zero-order valence-corrected chi connectivity index (χ0v) is 19.2. The van der Waals surface area contributed by atoms with Crippen molar-refractivity contribution in [1.82, 2.24) is 15.1 Å². The largest absolute Gasteiger partial charge is 0.496 e. The normalized spacial score (nSPS) is 14.9. The van der Waals surface area contributed by atoms with Crippen LogP contribution in [-0.2, 0) is 16.1 Å². The molecule has 172 valence electrons. The van der Waals surface area contributed by atoms with E-state index >= 15 is 0 Å². The van der Waals surface area contributed by atoms with E-state index in [4.69, 9.17) is 28.6 Å². The van der Waals surface area contributed by atoms with Crippen molar-refractivity contribution >= 4 is 58.2 Å². The van der Waals surface area contributed by atoms with Crippen LogP contribution >= 0.6 is 23.8 Å². The molecule has 2 aromatic carbocycles. The number of benzene rings is 2. The topological polar surface area (TPSA) is 120 Å². The van der Waals surface area contributed by atoms with Crippen LogP contribution in [0.25, 0.3) is 6.08 Å². The highest BCUT2D eigenvalue weighted by atomic mass is 35.5. The Morgan fingerprint density at radius 1 is 1.24 bits per heavy atom. The maximum absolute atomic E-state index is 13.2. The summed E-state index contributed by atoms with van der Waals surface area (Å²) in [5.41, 5.74) is 1.39. The first-order valence-corrected chi connectivity index (χ1v) is 10.6. The zero-order chi connectivity index (χ0) is 24.4. The lowest BCUT2D eigenvalue weighted by molar-refractivity contribution is -0.385. The molecular weight excluding hydrogens is 482 g/mol. The Hall–Kier alpha value is -4.09. The Morgan fingerprint density at radius 3 is 2.62 bits per heavy atom. The predicted molar refractivity (Wildman–Crippen MR) is 129 cm³/mol. The number of nitrogens with zero attached hydrogens (tertiary/aromatic N) is 4. The van der Waals surface area contributed by atoms with E-state index in [1.807, 2.05) is 0 Å². The quantitative estimate of drug-likeness (QED) is 0.182. The van der Waals surface area contributed by atoms with E-state index in [1.165, 1.54) is 29.0 Å². The first-order valence-electron chi connectivity index (χ1n) is 9.77. The standard InChI is InChI=1S/C22H16ClN5O5S/c1-33-19-7-2-13(8-14(19)11-26-12-17(10-24-26)28(31)32)9-18-20(29)25-22(34)27(21(18)30)16-5-3-15(23)4-6-16/h2-10,12H,11H2,1H3,(H,25,29,34). The van der Waals surface area contributed by atoms with E-state index in [0.29, 0.717) is 27.6 Å². The average Bonchev–Trinajstić information content (AvgIpc) is 3.27. The average molecular weight is 498 g/mol. The maximum Gasteiger partial charge on any atom is 0.307 e. The first kappa shape index (κ1) is 23.1. The Balaban J connectivity index is 1.67. The molecule has 12 heteroatoms.